The molecule has 1 heterocycles. The van der Waals surface area contributed by atoms with Gasteiger partial charge in [0.15, 0.2) is 0 Å². The predicted octanol–water partition coefficient (Wildman–Crippen LogP) is 4.93. The molecule has 0 spiro atoms. The van der Waals surface area contributed by atoms with Gasteiger partial charge in [0.05, 0.1) is 10.7 Å². The third-order valence-corrected chi connectivity index (χ3v) is 3.92. The zero-order chi connectivity index (χ0) is 14.1. The van der Waals surface area contributed by atoms with Gasteiger partial charge in [-0.2, -0.15) is 0 Å². The van der Waals surface area contributed by atoms with Crippen LogP contribution >= 0.6 is 23.2 Å². The summed E-state index contributed by atoms with van der Waals surface area (Å²) in [5.41, 5.74) is 3.38. The Balaban J connectivity index is 1.71. The van der Waals surface area contributed by atoms with Gasteiger partial charge in [-0.05, 0) is 42.3 Å². The molecule has 2 nitrogen and oxygen atoms in total. The zero-order valence-electron chi connectivity index (χ0n) is 11.1. The number of hydrogen-bond donors (Lipinski definition) is 1. The van der Waals surface area contributed by atoms with Gasteiger partial charge in [-0.15, -0.1) is 0 Å². The summed E-state index contributed by atoms with van der Waals surface area (Å²) in [7, 11) is 0. The Kier molecular flexibility index (Phi) is 3.77. The Morgan fingerprint density at radius 1 is 1.20 bits per heavy atom. The van der Waals surface area contributed by atoms with Gasteiger partial charge in [0.25, 0.3) is 0 Å². The number of halogens is 2. The van der Waals surface area contributed by atoms with Crippen molar-refractivity contribution in [2.45, 2.75) is 26.0 Å². The molecular weight excluding hydrogens is 293 g/mol. The van der Waals surface area contributed by atoms with E-state index >= 15 is 0 Å². The molecule has 4 heteroatoms. The predicted molar refractivity (Wildman–Crippen MR) is 84.0 cm³/mol. The fourth-order valence-electron chi connectivity index (χ4n) is 2.42. The van der Waals surface area contributed by atoms with E-state index in [0.29, 0.717) is 10.0 Å². The van der Waals surface area contributed by atoms with Crippen molar-refractivity contribution < 1.29 is 4.74 Å². The van der Waals surface area contributed by atoms with Crippen molar-refractivity contribution in [3.8, 4) is 5.75 Å². The first kappa shape index (κ1) is 13.6. The lowest BCUT2D eigenvalue weighted by Gasteiger charge is -2.09. The van der Waals surface area contributed by atoms with E-state index in [0.717, 1.165) is 24.4 Å². The van der Waals surface area contributed by atoms with Crippen molar-refractivity contribution in [1.29, 1.82) is 0 Å². The number of fused-ring (bicyclic) bond motifs is 1. The fourth-order valence-corrected chi connectivity index (χ4v) is 2.89. The minimum Gasteiger partial charge on any atom is -0.490 e. The molecule has 1 aliphatic heterocycles. The fraction of sp³-hybridized carbons (Fsp3) is 0.250. The highest BCUT2D eigenvalue weighted by molar-refractivity contribution is 6.36. The van der Waals surface area contributed by atoms with E-state index in [1.807, 2.05) is 18.2 Å². The molecule has 0 aromatic heterocycles. The maximum absolute atomic E-state index is 6.14. The van der Waals surface area contributed by atoms with E-state index in [4.69, 9.17) is 27.9 Å². The van der Waals surface area contributed by atoms with Crippen LogP contribution in [0, 0.1) is 0 Å². The molecule has 0 bridgehead atoms. The molecule has 1 aliphatic rings. The van der Waals surface area contributed by atoms with Gasteiger partial charge in [-0.3, -0.25) is 0 Å². The summed E-state index contributed by atoms with van der Waals surface area (Å²) >= 11 is 12.0. The molecule has 20 heavy (non-hydrogen) atoms. The number of anilines is 1. The van der Waals surface area contributed by atoms with Crippen LogP contribution in [0.15, 0.2) is 36.4 Å². The van der Waals surface area contributed by atoms with E-state index in [9.17, 15) is 0 Å². The number of nitrogens with one attached hydrogen (secondary N) is 1. The maximum atomic E-state index is 6.14. The van der Waals surface area contributed by atoms with Crippen LogP contribution < -0.4 is 10.1 Å². The average molecular weight is 308 g/mol. The maximum Gasteiger partial charge on any atom is 0.123 e. The third-order valence-electron chi connectivity index (χ3n) is 3.37. The Bertz CT molecular complexity index is 642. The van der Waals surface area contributed by atoms with Crippen LogP contribution in [0.2, 0.25) is 10.0 Å². The smallest absolute Gasteiger partial charge is 0.123 e. The number of benzene rings is 2. The second kappa shape index (κ2) is 5.55. The molecule has 0 fully saturated rings. The van der Waals surface area contributed by atoms with Crippen LogP contribution in [0.1, 0.15) is 18.1 Å². The molecule has 1 atom stereocenters. The number of rotatable bonds is 3. The molecule has 3 rings (SSSR count). The minimum absolute atomic E-state index is 0.277. The first-order chi connectivity index (χ1) is 9.61. The highest BCUT2D eigenvalue weighted by Gasteiger charge is 2.18. The van der Waals surface area contributed by atoms with Crippen LogP contribution in [0.25, 0.3) is 0 Å². The van der Waals surface area contributed by atoms with E-state index in [1.54, 1.807) is 6.07 Å². The second-order valence-corrected chi connectivity index (χ2v) is 5.90. The van der Waals surface area contributed by atoms with Crippen LogP contribution in [-0.4, -0.2) is 6.10 Å². The zero-order valence-corrected chi connectivity index (χ0v) is 12.6. The van der Waals surface area contributed by atoms with Gasteiger partial charge in [-0.25, -0.2) is 0 Å². The Morgan fingerprint density at radius 3 is 2.85 bits per heavy atom. The lowest BCUT2D eigenvalue weighted by molar-refractivity contribution is 0.254. The minimum atomic E-state index is 0.277. The molecule has 104 valence electrons. The molecule has 2 aromatic rings. The monoisotopic (exact) mass is 307 g/mol. The normalized spacial score (nSPS) is 16.6. The first-order valence-corrected chi connectivity index (χ1v) is 7.35. The van der Waals surface area contributed by atoms with Crippen LogP contribution in [0.3, 0.4) is 0 Å². The largest absolute Gasteiger partial charge is 0.490 e. The lowest BCUT2D eigenvalue weighted by Crippen LogP contribution is -2.05. The van der Waals surface area contributed by atoms with E-state index < -0.39 is 0 Å². The van der Waals surface area contributed by atoms with Crippen molar-refractivity contribution in [3.63, 3.8) is 0 Å². The van der Waals surface area contributed by atoms with Gasteiger partial charge < -0.3 is 10.1 Å². The number of hydrogen-bond acceptors (Lipinski definition) is 2. The van der Waals surface area contributed by atoms with Crippen molar-refractivity contribution >= 4 is 28.9 Å². The van der Waals surface area contributed by atoms with Gasteiger partial charge in [0, 0.05) is 18.0 Å². The number of ether oxygens (including phenoxy) is 1. The highest BCUT2D eigenvalue weighted by Crippen LogP contribution is 2.30. The summed E-state index contributed by atoms with van der Waals surface area (Å²) < 4.78 is 5.70. The molecule has 0 amide bonds. The highest BCUT2D eigenvalue weighted by atomic mass is 35.5. The van der Waals surface area contributed by atoms with Crippen molar-refractivity contribution in [1.82, 2.24) is 0 Å². The second-order valence-electron chi connectivity index (χ2n) is 5.05. The standard InChI is InChI=1S/C16H15Cl2NO/c1-10-6-12-7-11(2-5-16(12)20-10)9-19-15-4-3-13(17)8-14(15)18/h2-5,7-8,10,19H,6,9H2,1H3/t10-/m1/s1. The van der Waals surface area contributed by atoms with E-state index in [2.05, 4.69) is 24.4 Å². The summed E-state index contributed by atoms with van der Waals surface area (Å²) in [4.78, 5) is 0. The average Bonchev–Trinajstić information content (AvgIpc) is 2.77. The molecule has 0 unspecified atom stereocenters. The molecule has 2 aromatic carbocycles. The van der Waals surface area contributed by atoms with E-state index in [-0.39, 0.29) is 6.10 Å². The first-order valence-electron chi connectivity index (χ1n) is 6.59. The van der Waals surface area contributed by atoms with Crippen LogP contribution in [0.5, 0.6) is 5.75 Å². The van der Waals surface area contributed by atoms with Gasteiger partial charge in [0.1, 0.15) is 11.9 Å². The third kappa shape index (κ3) is 2.87. The summed E-state index contributed by atoms with van der Waals surface area (Å²) in [6, 6.07) is 11.8. The van der Waals surface area contributed by atoms with Gasteiger partial charge in [0.2, 0.25) is 0 Å². The van der Waals surface area contributed by atoms with Crippen LogP contribution in [0.4, 0.5) is 5.69 Å². The van der Waals surface area contributed by atoms with Crippen molar-refractivity contribution in [2.24, 2.45) is 0 Å². The summed E-state index contributed by atoms with van der Waals surface area (Å²) in [6.45, 7) is 2.81. The van der Waals surface area contributed by atoms with Gasteiger partial charge in [-0.1, -0.05) is 35.3 Å². The quantitative estimate of drug-likeness (QED) is 0.868. The summed E-state index contributed by atoms with van der Waals surface area (Å²) in [5.74, 6) is 1.01. The molecular formula is C16H15Cl2NO. The summed E-state index contributed by atoms with van der Waals surface area (Å²) in [6.07, 6.45) is 1.25. The SMILES string of the molecule is C[C@@H]1Cc2cc(CNc3ccc(Cl)cc3Cl)ccc2O1. The van der Waals surface area contributed by atoms with Crippen LogP contribution in [-0.2, 0) is 13.0 Å². The Morgan fingerprint density at radius 2 is 2.05 bits per heavy atom. The topological polar surface area (TPSA) is 21.3 Å². The molecule has 0 saturated heterocycles. The Labute approximate surface area is 128 Å². The molecule has 0 saturated carbocycles. The van der Waals surface area contributed by atoms with E-state index in [1.165, 1.54) is 11.1 Å². The van der Waals surface area contributed by atoms with Crippen molar-refractivity contribution in [2.75, 3.05) is 5.32 Å². The lowest BCUT2D eigenvalue weighted by atomic mass is 10.1. The Hall–Kier alpha value is -1.38. The molecule has 1 N–H and O–H groups in total. The molecule has 0 radical (unpaired) electrons. The van der Waals surface area contributed by atoms with Gasteiger partial charge >= 0.3 is 0 Å². The molecule has 0 aliphatic carbocycles. The summed E-state index contributed by atoms with van der Waals surface area (Å²) in [5, 5.41) is 4.61. The van der Waals surface area contributed by atoms with Crippen molar-refractivity contribution in [3.05, 3.63) is 57.6 Å².